The Kier molecular flexibility index (Phi) is 4.55. The van der Waals surface area contributed by atoms with Crippen LogP contribution >= 0.6 is 0 Å². The number of fused-ring (bicyclic) bond motifs is 2. The predicted octanol–water partition coefficient (Wildman–Crippen LogP) is 3.70. The first kappa shape index (κ1) is 18.7. The number of nitrogens with one attached hydrogen (secondary N) is 2. The Balaban J connectivity index is 1.68. The van der Waals surface area contributed by atoms with E-state index in [0.29, 0.717) is 34.0 Å². The fraction of sp³-hybridized carbons (Fsp3) is 0.136. The molecular weight excluding hydrogens is 396 g/mol. The van der Waals surface area contributed by atoms with Gasteiger partial charge in [-0.25, -0.2) is 24.7 Å². The number of aromatic nitrogens is 5. The van der Waals surface area contributed by atoms with Gasteiger partial charge < -0.3 is 19.5 Å². The number of hydrogen-bond acceptors (Lipinski definition) is 8. The number of imidazole rings is 1. The lowest BCUT2D eigenvalue weighted by atomic mass is 9.97. The van der Waals surface area contributed by atoms with Crippen molar-refractivity contribution in [2.24, 2.45) is 0 Å². The topological polar surface area (TPSA) is 119 Å². The van der Waals surface area contributed by atoms with Crippen LogP contribution in [-0.2, 0) is 0 Å². The Labute approximate surface area is 176 Å². The summed E-state index contributed by atoms with van der Waals surface area (Å²) in [7, 11) is 1.56. The molecule has 154 valence electrons. The Hall–Kier alpha value is -4.27. The summed E-state index contributed by atoms with van der Waals surface area (Å²) in [5.74, 6) is 1.51. The number of rotatable bonds is 5. The summed E-state index contributed by atoms with van der Waals surface area (Å²) in [4.78, 5) is 32.8. The maximum absolute atomic E-state index is 12.7. The van der Waals surface area contributed by atoms with Gasteiger partial charge in [0.1, 0.15) is 17.6 Å². The van der Waals surface area contributed by atoms with Gasteiger partial charge in [-0.1, -0.05) is 18.2 Å². The van der Waals surface area contributed by atoms with Gasteiger partial charge in [0.05, 0.1) is 24.9 Å². The molecule has 9 heteroatoms. The van der Waals surface area contributed by atoms with Gasteiger partial charge in [-0.2, -0.15) is 0 Å². The zero-order chi connectivity index (χ0) is 21.4. The van der Waals surface area contributed by atoms with E-state index in [-0.39, 0.29) is 0 Å². The third-order valence-corrected chi connectivity index (χ3v) is 5.06. The minimum absolute atomic E-state index is 0.399. The van der Waals surface area contributed by atoms with Crippen molar-refractivity contribution in [2.45, 2.75) is 13.0 Å². The van der Waals surface area contributed by atoms with Crippen LogP contribution in [0.3, 0.4) is 0 Å². The summed E-state index contributed by atoms with van der Waals surface area (Å²) in [6, 6.07) is 10.6. The number of benzene rings is 1. The standard InChI is InChI=1S/C22H18N6O3/c1-12(28-21-18-20(25-10-24-18)26-11-27-21)19-17(13-7-8-16(30-2)23-9-13)14-5-3-4-6-15(14)22(29)31-19/h3-12H,1-2H3,(H2,24,25,26,27,28). The van der Waals surface area contributed by atoms with E-state index < -0.39 is 11.7 Å². The second kappa shape index (κ2) is 7.52. The van der Waals surface area contributed by atoms with Crippen LogP contribution in [0.5, 0.6) is 5.88 Å². The number of pyridine rings is 1. The minimum Gasteiger partial charge on any atom is -0.481 e. The van der Waals surface area contributed by atoms with Crippen LogP contribution in [0.25, 0.3) is 33.1 Å². The minimum atomic E-state index is -0.405. The molecule has 0 saturated heterocycles. The van der Waals surface area contributed by atoms with E-state index in [1.807, 2.05) is 31.2 Å². The number of nitrogens with zero attached hydrogens (tertiary/aromatic N) is 4. The van der Waals surface area contributed by atoms with E-state index in [9.17, 15) is 4.79 Å². The van der Waals surface area contributed by atoms with Crippen LogP contribution in [0.4, 0.5) is 5.82 Å². The van der Waals surface area contributed by atoms with Gasteiger partial charge in [-0.3, -0.25) is 0 Å². The van der Waals surface area contributed by atoms with Gasteiger partial charge >= 0.3 is 5.63 Å². The maximum Gasteiger partial charge on any atom is 0.343 e. The normalized spacial score (nSPS) is 12.2. The number of hydrogen-bond donors (Lipinski definition) is 2. The highest BCUT2D eigenvalue weighted by Gasteiger charge is 2.22. The van der Waals surface area contributed by atoms with E-state index in [0.717, 1.165) is 16.5 Å². The first-order chi connectivity index (χ1) is 15.2. The van der Waals surface area contributed by atoms with Crippen LogP contribution in [0, 0.1) is 0 Å². The first-order valence-electron chi connectivity index (χ1n) is 9.62. The molecule has 1 unspecified atom stereocenters. The number of aromatic amines is 1. The maximum atomic E-state index is 12.7. The lowest BCUT2D eigenvalue weighted by Crippen LogP contribution is -2.14. The molecule has 9 nitrogen and oxygen atoms in total. The zero-order valence-corrected chi connectivity index (χ0v) is 16.8. The molecule has 0 aliphatic rings. The summed E-state index contributed by atoms with van der Waals surface area (Å²) in [5.41, 5.74) is 2.39. The van der Waals surface area contributed by atoms with Crippen LogP contribution in [0.1, 0.15) is 18.7 Å². The Morgan fingerprint density at radius 3 is 2.68 bits per heavy atom. The van der Waals surface area contributed by atoms with E-state index in [4.69, 9.17) is 9.15 Å². The third kappa shape index (κ3) is 3.25. The highest BCUT2D eigenvalue weighted by atomic mass is 16.5. The van der Waals surface area contributed by atoms with Crippen molar-refractivity contribution in [2.75, 3.05) is 12.4 Å². The molecule has 5 rings (SSSR count). The van der Waals surface area contributed by atoms with Gasteiger partial charge in [0, 0.05) is 28.8 Å². The summed E-state index contributed by atoms with van der Waals surface area (Å²) >= 11 is 0. The zero-order valence-electron chi connectivity index (χ0n) is 16.8. The molecule has 1 atom stereocenters. The van der Waals surface area contributed by atoms with Crippen molar-refractivity contribution in [1.82, 2.24) is 24.9 Å². The summed E-state index contributed by atoms with van der Waals surface area (Å²) < 4.78 is 11.0. The van der Waals surface area contributed by atoms with Gasteiger partial charge in [-0.05, 0) is 19.1 Å². The Bertz CT molecular complexity index is 1440. The molecule has 1 aromatic carbocycles. The van der Waals surface area contributed by atoms with Crippen LogP contribution in [0.15, 0.2) is 64.5 Å². The van der Waals surface area contributed by atoms with Crippen LogP contribution in [-0.4, -0.2) is 32.0 Å². The van der Waals surface area contributed by atoms with Crippen molar-refractivity contribution < 1.29 is 9.15 Å². The highest BCUT2D eigenvalue weighted by Crippen LogP contribution is 2.35. The molecule has 0 aliphatic carbocycles. The monoisotopic (exact) mass is 414 g/mol. The number of H-pyrrole nitrogens is 1. The van der Waals surface area contributed by atoms with Gasteiger partial charge in [0.25, 0.3) is 0 Å². The van der Waals surface area contributed by atoms with E-state index in [1.165, 1.54) is 6.33 Å². The number of methoxy groups -OCH3 is 1. The SMILES string of the molecule is COc1ccc(-c2c(C(C)Nc3ncnc4[nH]cnc34)oc(=O)c3ccccc23)cn1. The second-order valence-electron chi connectivity index (χ2n) is 6.95. The fourth-order valence-electron chi connectivity index (χ4n) is 3.61. The van der Waals surface area contributed by atoms with Gasteiger partial charge in [0.15, 0.2) is 11.5 Å². The van der Waals surface area contributed by atoms with E-state index >= 15 is 0 Å². The van der Waals surface area contributed by atoms with Crippen LogP contribution in [0.2, 0.25) is 0 Å². The molecule has 0 amide bonds. The molecule has 2 N–H and O–H groups in total. The first-order valence-corrected chi connectivity index (χ1v) is 9.62. The van der Waals surface area contributed by atoms with Crippen LogP contribution < -0.4 is 15.7 Å². The molecule has 4 heterocycles. The molecule has 0 spiro atoms. The van der Waals surface area contributed by atoms with Crippen molar-refractivity contribution in [1.29, 1.82) is 0 Å². The van der Waals surface area contributed by atoms with E-state index in [1.54, 1.807) is 31.8 Å². The molecule has 0 radical (unpaired) electrons. The van der Waals surface area contributed by atoms with Crippen molar-refractivity contribution in [3.63, 3.8) is 0 Å². The van der Waals surface area contributed by atoms with Crippen molar-refractivity contribution in [3.05, 3.63) is 71.4 Å². The lowest BCUT2D eigenvalue weighted by Gasteiger charge is -2.18. The largest absolute Gasteiger partial charge is 0.481 e. The average molecular weight is 414 g/mol. The number of ether oxygens (including phenoxy) is 1. The molecule has 0 saturated carbocycles. The summed E-state index contributed by atoms with van der Waals surface area (Å²) in [5, 5.41) is 4.58. The van der Waals surface area contributed by atoms with Crippen molar-refractivity contribution >= 4 is 27.8 Å². The number of anilines is 1. The fourth-order valence-corrected chi connectivity index (χ4v) is 3.61. The van der Waals surface area contributed by atoms with Gasteiger partial charge in [0.2, 0.25) is 5.88 Å². The average Bonchev–Trinajstić information content (AvgIpc) is 3.29. The molecule has 0 fully saturated rings. The van der Waals surface area contributed by atoms with E-state index in [2.05, 4.69) is 30.2 Å². The quantitative estimate of drug-likeness (QED) is 0.447. The van der Waals surface area contributed by atoms with Gasteiger partial charge in [-0.15, -0.1) is 0 Å². The Morgan fingerprint density at radius 1 is 1.06 bits per heavy atom. The lowest BCUT2D eigenvalue weighted by molar-refractivity contribution is 0.398. The second-order valence-corrected chi connectivity index (χ2v) is 6.95. The smallest absolute Gasteiger partial charge is 0.343 e. The Morgan fingerprint density at radius 2 is 1.90 bits per heavy atom. The molecule has 31 heavy (non-hydrogen) atoms. The molecule has 0 bridgehead atoms. The predicted molar refractivity (Wildman–Crippen MR) is 116 cm³/mol. The van der Waals surface area contributed by atoms with Crippen molar-refractivity contribution in [3.8, 4) is 17.0 Å². The molecule has 0 aliphatic heterocycles. The molecular formula is C22H18N6O3. The summed E-state index contributed by atoms with van der Waals surface area (Å²) in [6.45, 7) is 1.90. The molecule has 4 aromatic heterocycles. The summed E-state index contributed by atoms with van der Waals surface area (Å²) in [6.07, 6.45) is 4.70. The molecule has 5 aromatic rings. The third-order valence-electron chi connectivity index (χ3n) is 5.06. The highest BCUT2D eigenvalue weighted by molar-refractivity contribution is 5.96.